The molecule has 1 aliphatic heterocycles. The molecular formula is C13H15F2N3O. The predicted molar refractivity (Wildman–Crippen MR) is 67.9 cm³/mol. The smallest absolute Gasteiger partial charge is 0.270 e. The molecule has 1 atom stereocenters. The van der Waals surface area contributed by atoms with E-state index in [0.717, 1.165) is 11.1 Å². The fourth-order valence-electron chi connectivity index (χ4n) is 2.07. The topological polar surface area (TPSA) is 54.4 Å². The molecular weight excluding hydrogens is 252 g/mol. The Morgan fingerprint density at radius 1 is 1.53 bits per heavy atom. The van der Waals surface area contributed by atoms with Crippen LogP contribution in [0.15, 0.2) is 11.1 Å². The Morgan fingerprint density at radius 3 is 2.95 bits per heavy atom. The van der Waals surface area contributed by atoms with Gasteiger partial charge in [-0.05, 0) is 19.9 Å². The molecule has 1 amide bonds. The minimum absolute atomic E-state index is 0.0594. The molecule has 19 heavy (non-hydrogen) atoms. The highest BCUT2D eigenvalue weighted by molar-refractivity contribution is 5.98. The van der Waals surface area contributed by atoms with E-state index >= 15 is 0 Å². The van der Waals surface area contributed by atoms with Gasteiger partial charge in [0.25, 0.3) is 5.91 Å². The van der Waals surface area contributed by atoms with Crippen LogP contribution in [0.2, 0.25) is 0 Å². The van der Waals surface area contributed by atoms with Gasteiger partial charge in [-0.3, -0.25) is 9.79 Å². The number of amides is 1. The Balaban J connectivity index is 2.19. The van der Waals surface area contributed by atoms with Crippen LogP contribution in [0.3, 0.4) is 0 Å². The standard InChI is InChI=1S/C13H15F2N3O/c1-7-5-9-6-17-8(2)11(9)12(18-7)13(19)16-4-3-10(14)15/h5-6,8,10H,3-4H2,1-2H3,(H,16,19). The van der Waals surface area contributed by atoms with E-state index in [1.165, 1.54) is 0 Å². The van der Waals surface area contributed by atoms with Gasteiger partial charge in [0.05, 0.1) is 6.04 Å². The number of carbonyl (C=O) groups is 1. The first-order valence-corrected chi connectivity index (χ1v) is 6.10. The highest BCUT2D eigenvalue weighted by atomic mass is 19.3. The van der Waals surface area contributed by atoms with Crippen molar-refractivity contribution >= 4 is 12.1 Å². The van der Waals surface area contributed by atoms with E-state index in [9.17, 15) is 13.6 Å². The number of aromatic nitrogens is 1. The van der Waals surface area contributed by atoms with E-state index in [4.69, 9.17) is 0 Å². The van der Waals surface area contributed by atoms with Gasteiger partial charge in [-0.1, -0.05) is 0 Å². The predicted octanol–water partition coefficient (Wildman–Crippen LogP) is 2.27. The quantitative estimate of drug-likeness (QED) is 0.909. The zero-order chi connectivity index (χ0) is 14.0. The molecule has 0 bridgehead atoms. The van der Waals surface area contributed by atoms with Crippen LogP contribution in [0.1, 0.15) is 46.7 Å². The summed E-state index contributed by atoms with van der Waals surface area (Å²) < 4.78 is 24.1. The van der Waals surface area contributed by atoms with E-state index in [2.05, 4.69) is 15.3 Å². The first-order chi connectivity index (χ1) is 8.99. The molecule has 2 rings (SSSR count). The Labute approximate surface area is 110 Å². The summed E-state index contributed by atoms with van der Waals surface area (Å²) in [5.74, 6) is -0.419. The molecule has 1 unspecified atom stereocenters. The van der Waals surface area contributed by atoms with Crippen molar-refractivity contribution in [2.45, 2.75) is 32.7 Å². The lowest BCUT2D eigenvalue weighted by Gasteiger charge is -2.11. The van der Waals surface area contributed by atoms with Crippen molar-refractivity contribution < 1.29 is 13.6 Å². The molecule has 1 aromatic heterocycles. The van der Waals surface area contributed by atoms with Gasteiger partial charge < -0.3 is 5.32 Å². The molecule has 0 radical (unpaired) electrons. The third-order valence-corrected chi connectivity index (χ3v) is 2.94. The Kier molecular flexibility index (Phi) is 3.87. The first-order valence-electron chi connectivity index (χ1n) is 6.10. The second-order valence-electron chi connectivity index (χ2n) is 4.50. The van der Waals surface area contributed by atoms with E-state index in [0.29, 0.717) is 5.69 Å². The summed E-state index contributed by atoms with van der Waals surface area (Å²) in [6.45, 7) is 3.60. The number of nitrogens with zero attached hydrogens (tertiary/aromatic N) is 2. The molecule has 0 fully saturated rings. The third-order valence-electron chi connectivity index (χ3n) is 2.94. The van der Waals surface area contributed by atoms with Crippen molar-refractivity contribution in [3.05, 3.63) is 28.6 Å². The maximum absolute atomic E-state index is 12.0. The molecule has 0 aliphatic carbocycles. The van der Waals surface area contributed by atoms with Crippen molar-refractivity contribution in [3.63, 3.8) is 0 Å². The molecule has 0 spiro atoms. The fraction of sp³-hybridized carbons (Fsp3) is 0.462. The van der Waals surface area contributed by atoms with Crippen molar-refractivity contribution in [2.75, 3.05) is 6.54 Å². The normalized spacial score (nSPS) is 16.8. The first kappa shape index (κ1) is 13.6. The number of alkyl halides is 2. The van der Waals surface area contributed by atoms with Gasteiger partial charge in [-0.25, -0.2) is 13.8 Å². The highest BCUT2D eigenvalue weighted by Crippen LogP contribution is 2.28. The molecule has 0 saturated carbocycles. The minimum atomic E-state index is -2.42. The second kappa shape index (κ2) is 5.42. The lowest BCUT2D eigenvalue weighted by Crippen LogP contribution is -2.28. The van der Waals surface area contributed by atoms with Crippen LogP contribution < -0.4 is 5.32 Å². The number of hydrogen-bond donors (Lipinski definition) is 1. The number of nitrogens with one attached hydrogen (secondary N) is 1. The van der Waals surface area contributed by atoms with Crippen LogP contribution in [-0.4, -0.2) is 30.1 Å². The fourth-order valence-corrected chi connectivity index (χ4v) is 2.07. The van der Waals surface area contributed by atoms with Crippen LogP contribution >= 0.6 is 0 Å². The lowest BCUT2D eigenvalue weighted by atomic mass is 10.0. The monoisotopic (exact) mass is 267 g/mol. The van der Waals surface area contributed by atoms with Crippen LogP contribution in [-0.2, 0) is 0 Å². The molecule has 0 aromatic carbocycles. The number of pyridine rings is 1. The average molecular weight is 267 g/mol. The van der Waals surface area contributed by atoms with Crippen LogP contribution in [0.25, 0.3) is 0 Å². The zero-order valence-corrected chi connectivity index (χ0v) is 10.8. The maximum atomic E-state index is 12.0. The minimum Gasteiger partial charge on any atom is -0.350 e. The molecule has 2 heterocycles. The van der Waals surface area contributed by atoms with E-state index in [1.54, 1.807) is 13.1 Å². The molecule has 4 nitrogen and oxygen atoms in total. The van der Waals surface area contributed by atoms with Gasteiger partial charge in [-0.2, -0.15) is 0 Å². The number of carbonyl (C=O) groups excluding carboxylic acids is 1. The van der Waals surface area contributed by atoms with Gasteiger partial charge in [-0.15, -0.1) is 0 Å². The molecule has 1 aliphatic rings. The van der Waals surface area contributed by atoms with Crippen molar-refractivity contribution in [1.29, 1.82) is 0 Å². The van der Waals surface area contributed by atoms with Crippen LogP contribution in [0, 0.1) is 6.92 Å². The van der Waals surface area contributed by atoms with E-state index < -0.39 is 12.3 Å². The molecule has 1 N–H and O–H groups in total. The second-order valence-corrected chi connectivity index (χ2v) is 4.50. The van der Waals surface area contributed by atoms with Gasteiger partial charge in [0.1, 0.15) is 5.69 Å². The SMILES string of the molecule is Cc1cc2c(c(C(=O)NCCC(F)F)n1)C(C)N=C2. The van der Waals surface area contributed by atoms with Gasteiger partial charge >= 0.3 is 0 Å². The van der Waals surface area contributed by atoms with Gasteiger partial charge in [0.2, 0.25) is 6.43 Å². The number of aryl methyl sites for hydroxylation is 1. The summed E-state index contributed by atoms with van der Waals surface area (Å²) >= 11 is 0. The summed E-state index contributed by atoms with van der Waals surface area (Å²) in [7, 11) is 0. The van der Waals surface area contributed by atoms with Gasteiger partial charge in [0.15, 0.2) is 0 Å². The molecule has 1 aromatic rings. The number of fused-ring (bicyclic) bond motifs is 1. The number of rotatable bonds is 4. The van der Waals surface area contributed by atoms with Crippen LogP contribution in [0.4, 0.5) is 8.78 Å². The highest BCUT2D eigenvalue weighted by Gasteiger charge is 2.24. The largest absolute Gasteiger partial charge is 0.350 e. The van der Waals surface area contributed by atoms with E-state index in [-0.39, 0.29) is 24.7 Å². The average Bonchev–Trinajstić information content (AvgIpc) is 2.69. The van der Waals surface area contributed by atoms with Crippen molar-refractivity contribution in [1.82, 2.24) is 10.3 Å². The van der Waals surface area contributed by atoms with E-state index in [1.807, 2.05) is 13.0 Å². The summed E-state index contributed by atoms with van der Waals surface area (Å²) in [6.07, 6.45) is -1.06. The van der Waals surface area contributed by atoms with Crippen LogP contribution in [0.5, 0.6) is 0 Å². The summed E-state index contributed by atoms with van der Waals surface area (Å²) in [5, 5.41) is 2.47. The summed E-state index contributed by atoms with van der Waals surface area (Å²) in [5.41, 5.74) is 2.63. The summed E-state index contributed by atoms with van der Waals surface area (Å²) in [6, 6.07) is 1.73. The summed E-state index contributed by atoms with van der Waals surface area (Å²) in [4.78, 5) is 20.5. The van der Waals surface area contributed by atoms with Crippen molar-refractivity contribution in [2.24, 2.45) is 4.99 Å². The van der Waals surface area contributed by atoms with Crippen molar-refractivity contribution in [3.8, 4) is 0 Å². The lowest BCUT2D eigenvalue weighted by molar-refractivity contribution is 0.0927. The molecule has 102 valence electrons. The number of aliphatic imine (C=N–C) groups is 1. The molecule has 0 saturated heterocycles. The Bertz CT molecular complexity index is 529. The number of halogens is 2. The molecule has 6 heteroatoms. The number of hydrogen-bond acceptors (Lipinski definition) is 3. The maximum Gasteiger partial charge on any atom is 0.270 e. The zero-order valence-electron chi connectivity index (χ0n) is 10.8. The third kappa shape index (κ3) is 2.94. The Morgan fingerprint density at radius 2 is 2.26 bits per heavy atom. The Hall–Kier alpha value is -1.85. The van der Waals surface area contributed by atoms with Gasteiger partial charge in [0, 0.05) is 36.0 Å².